The quantitative estimate of drug-likeness (QED) is 0.507. The number of urea groups is 1. The molecule has 0 spiro atoms. The van der Waals surface area contributed by atoms with Gasteiger partial charge < -0.3 is 19.8 Å². The normalized spacial score (nSPS) is 11.9. The highest BCUT2D eigenvalue weighted by atomic mass is 16.5. The van der Waals surface area contributed by atoms with Crippen LogP contribution in [0.2, 0.25) is 0 Å². The zero-order chi connectivity index (χ0) is 21.0. The number of amides is 2. The van der Waals surface area contributed by atoms with Gasteiger partial charge in [0.05, 0.1) is 12.7 Å². The summed E-state index contributed by atoms with van der Waals surface area (Å²) in [4.78, 5) is 36.5. The lowest BCUT2D eigenvalue weighted by molar-refractivity contribution is -0.143. The minimum atomic E-state index is -0.768. The highest BCUT2D eigenvalue weighted by Gasteiger charge is 2.24. The van der Waals surface area contributed by atoms with Crippen LogP contribution in [0.1, 0.15) is 13.8 Å². The molecule has 1 atom stereocenters. The molecule has 0 aliphatic carbocycles. The first-order valence-corrected chi connectivity index (χ1v) is 9.17. The van der Waals surface area contributed by atoms with E-state index < -0.39 is 23.7 Å². The molecular weight excluding hydrogens is 372 g/mol. The van der Waals surface area contributed by atoms with Gasteiger partial charge in [-0.3, -0.25) is 0 Å². The predicted octanol–water partition coefficient (Wildman–Crippen LogP) is 3.78. The van der Waals surface area contributed by atoms with Gasteiger partial charge in [-0.05, 0) is 35.7 Å². The van der Waals surface area contributed by atoms with Crippen molar-refractivity contribution in [1.82, 2.24) is 5.32 Å². The van der Waals surface area contributed by atoms with Crippen molar-refractivity contribution < 1.29 is 18.7 Å². The van der Waals surface area contributed by atoms with Gasteiger partial charge in [0.1, 0.15) is 11.6 Å². The fourth-order valence-electron chi connectivity index (χ4n) is 2.96. The monoisotopic (exact) mass is 394 g/mol. The van der Waals surface area contributed by atoms with E-state index in [9.17, 15) is 14.4 Å². The third-order valence-corrected chi connectivity index (χ3v) is 4.48. The summed E-state index contributed by atoms with van der Waals surface area (Å²) in [6, 6.07) is 14.5. The van der Waals surface area contributed by atoms with Crippen LogP contribution >= 0.6 is 0 Å². The maximum atomic E-state index is 12.4. The molecular formula is C22H22N2O5. The first kappa shape index (κ1) is 20.1. The second-order valence-electron chi connectivity index (χ2n) is 6.91. The molecule has 29 heavy (non-hydrogen) atoms. The average Bonchev–Trinajstić information content (AvgIpc) is 2.71. The maximum absolute atomic E-state index is 12.4. The molecule has 3 rings (SSSR count). The number of ether oxygens (including phenoxy) is 1. The van der Waals surface area contributed by atoms with E-state index >= 15 is 0 Å². The zero-order valence-corrected chi connectivity index (χ0v) is 16.4. The van der Waals surface area contributed by atoms with Crippen LogP contribution in [-0.4, -0.2) is 25.2 Å². The second-order valence-corrected chi connectivity index (χ2v) is 6.91. The molecule has 2 amide bonds. The molecule has 0 aliphatic rings. The molecule has 1 unspecified atom stereocenters. The minimum Gasteiger partial charge on any atom is -0.467 e. The van der Waals surface area contributed by atoms with Crippen molar-refractivity contribution in [2.75, 3.05) is 12.4 Å². The smallest absolute Gasteiger partial charge is 0.344 e. The molecule has 0 aliphatic heterocycles. The van der Waals surface area contributed by atoms with Crippen LogP contribution in [0, 0.1) is 5.92 Å². The molecule has 3 aromatic rings. The van der Waals surface area contributed by atoms with Gasteiger partial charge in [-0.15, -0.1) is 0 Å². The first-order chi connectivity index (χ1) is 13.9. The molecule has 0 saturated carbocycles. The number of methoxy groups -OCH3 is 1. The van der Waals surface area contributed by atoms with Gasteiger partial charge in [-0.1, -0.05) is 44.2 Å². The minimum absolute atomic E-state index is 0.137. The lowest BCUT2D eigenvalue weighted by Crippen LogP contribution is -2.46. The molecule has 1 heterocycles. The molecule has 2 N–H and O–H groups in total. The number of esters is 1. The Bertz CT molecular complexity index is 1100. The number of anilines is 1. The topological polar surface area (TPSA) is 97.6 Å². The first-order valence-electron chi connectivity index (χ1n) is 9.17. The Kier molecular flexibility index (Phi) is 5.97. The van der Waals surface area contributed by atoms with E-state index in [1.165, 1.54) is 7.11 Å². The van der Waals surface area contributed by atoms with E-state index in [4.69, 9.17) is 9.15 Å². The summed E-state index contributed by atoms with van der Waals surface area (Å²) in [7, 11) is 1.27. The zero-order valence-electron chi connectivity index (χ0n) is 16.4. The number of carbonyl (C=O) groups is 2. The van der Waals surface area contributed by atoms with Gasteiger partial charge in [-0.2, -0.15) is 0 Å². The maximum Gasteiger partial charge on any atom is 0.344 e. The van der Waals surface area contributed by atoms with E-state index in [-0.39, 0.29) is 5.92 Å². The van der Waals surface area contributed by atoms with Crippen molar-refractivity contribution in [3.63, 3.8) is 0 Å². The van der Waals surface area contributed by atoms with Gasteiger partial charge >= 0.3 is 17.6 Å². The fourth-order valence-corrected chi connectivity index (χ4v) is 2.96. The summed E-state index contributed by atoms with van der Waals surface area (Å²) < 4.78 is 10.1. The lowest BCUT2D eigenvalue weighted by atomic mass is 10.0. The van der Waals surface area contributed by atoms with Crippen LogP contribution in [0.3, 0.4) is 0 Å². The molecule has 150 valence electrons. The van der Waals surface area contributed by atoms with Crippen molar-refractivity contribution in [3.05, 3.63) is 65.0 Å². The Morgan fingerprint density at radius 2 is 1.79 bits per heavy atom. The molecule has 2 aromatic carbocycles. The van der Waals surface area contributed by atoms with E-state index in [2.05, 4.69) is 10.6 Å². The van der Waals surface area contributed by atoms with E-state index in [1.807, 2.05) is 26.0 Å². The third-order valence-electron chi connectivity index (χ3n) is 4.48. The van der Waals surface area contributed by atoms with Crippen LogP contribution in [0.25, 0.3) is 22.1 Å². The van der Waals surface area contributed by atoms with E-state index in [0.29, 0.717) is 22.4 Å². The number of carbonyl (C=O) groups excluding carboxylic acids is 2. The lowest BCUT2D eigenvalue weighted by Gasteiger charge is -2.20. The second kappa shape index (κ2) is 8.60. The van der Waals surface area contributed by atoms with Gasteiger partial charge in [-0.25, -0.2) is 14.4 Å². The summed E-state index contributed by atoms with van der Waals surface area (Å²) in [6.07, 6.45) is 0. The van der Waals surface area contributed by atoms with Crippen LogP contribution in [0.4, 0.5) is 10.5 Å². The molecule has 0 radical (unpaired) electrons. The highest BCUT2D eigenvalue weighted by Crippen LogP contribution is 2.23. The van der Waals surface area contributed by atoms with Crippen LogP contribution < -0.4 is 16.3 Å². The van der Waals surface area contributed by atoms with Crippen molar-refractivity contribution in [2.45, 2.75) is 19.9 Å². The Morgan fingerprint density at radius 3 is 2.52 bits per heavy atom. The molecule has 0 fully saturated rings. The number of para-hydroxylation sites is 1. The molecule has 7 heteroatoms. The Hall–Kier alpha value is -3.61. The Labute approximate surface area is 167 Å². The fraction of sp³-hybridized carbons (Fsp3) is 0.227. The molecule has 1 aromatic heterocycles. The van der Waals surface area contributed by atoms with Crippen LogP contribution in [0.15, 0.2) is 63.8 Å². The summed E-state index contributed by atoms with van der Waals surface area (Å²) in [5.74, 6) is -0.653. The van der Waals surface area contributed by atoms with Crippen molar-refractivity contribution in [1.29, 1.82) is 0 Å². The number of benzene rings is 2. The number of nitrogens with one attached hydrogen (secondary N) is 2. The van der Waals surface area contributed by atoms with E-state index in [0.717, 1.165) is 5.39 Å². The number of fused-ring (bicyclic) bond motifs is 1. The summed E-state index contributed by atoms with van der Waals surface area (Å²) >= 11 is 0. The predicted molar refractivity (Wildman–Crippen MR) is 111 cm³/mol. The van der Waals surface area contributed by atoms with Crippen molar-refractivity contribution in [3.8, 4) is 11.1 Å². The Balaban J connectivity index is 1.83. The SMILES string of the molecule is COC(=O)C(NC(=O)Nc1cccc(-c2cc3ccccc3oc2=O)c1)C(C)C. The summed E-state index contributed by atoms with van der Waals surface area (Å²) in [5, 5.41) is 6.09. The van der Waals surface area contributed by atoms with E-state index in [1.54, 1.807) is 42.5 Å². The molecule has 0 bridgehead atoms. The standard InChI is InChI=1S/C22H22N2O5/c1-13(2)19(21(26)28-3)24-22(27)23-16-9-6-8-14(11-16)17-12-15-7-4-5-10-18(15)29-20(17)25/h4-13,19H,1-3H3,(H2,23,24,27). The van der Waals surface area contributed by atoms with Gasteiger partial charge in [0.25, 0.3) is 0 Å². The molecule has 7 nitrogen and oxygen atoms in total. The number of hydrogen-bond acceptors (Lipinski definition) is 5. The van der Waals surface area contributed by atoms with Gasteiger partial charge in [0.15, 0.2) is 0 Å². The average molecular weight is 394 g/mol. The Morgan fingerprint density at radius 1 is 1.03 bits per heavy atom. The highest BCUT2D eigenvalue weighted by molar-refractivity contribution is 5.93. The summed E-state index contributed by atoms with van der Waals surface area (Å²) in [5.41, 5.74) is 1.52. The van der Waals surface area contributed by atoms with Gasteiger partial charge in [0.2, 0.25) is 0 Å². The number of rotatable bonds is 5. The van der Waals surface area contributed by atoms with Gasteiger partial charge in [0, 0.05) is 11.1 Å². The summed E-state index contributed by atoms with van der Waals surface area (Å²) in [6.45, 7) is 3.61. The largest absolute Gasteiger partial charge is 0.467 e. The third kappa shape index (κ3) is 4.63. The van der Waals surface area contributed by atoms with Crippen LogP contribution in [0.5, 0.6) is 0 Å². The van der Waals surface area contributed by atoms with Crippen molar-refractivity contribution >= 4 is 28.7 Å². The molecule has 0 saturated heterocycles. The number of hydrogen-bond donors (Lipinski definition) is 2. The van der Waals surface area contributed by atoms with Crippen LogP contribution in [-0.2, 0) is 9.53 Å². The van der Waals surface area contributed by atoms with Crippen molar-refractivity contribution in [2.24, 2.45) is 5.92 Å².